The average Bonchev–Trinajstić information content (AvgIpc) is 2.46. The van der Waals surface area contributed by atoms with E-state index in [-0.39, 0.29) is 12.3 Å². The van der Waals surface area contributed by atoms with Gasteiger partial charge in [0.05, 0.1) is 12.0 Å². The van der Waals surface area contributed by atoms with E-state index in [1.807, 2.05) is 0 Å². The summed E-state index contributed by atoms with van der Waals surface area (Å²) in [6.07, 6.45) is -1.73. The highest BCUT2D eigenvalue weighted by molar-refractivity contribution is 5.11. The third-order valence-corrected chi connectivity index (χ3v) is 4.35. The molecule has 1 N–H and O–H groups in total. The summed E-state index contributed by atoms with van der Waals surface area (Å²) in [7, 11) is 0. The smallest absolute Gasteiger partial charge is 0.392 e. The van der Waals surface area contributed by atoms with Crippen LogP contribution in [0.1, 0.15) is 44.2 Å². The molecule has 1 fully saturated rings. The van der Waals surface area contributed by atoms with Crippen LogP contribution in [0.2, 0.25) is 0 Å². The van der Waals surface area contributed by atoms with Crippen molar-refractivity contribution < 1.29 is 18.3 Å². The maximum Gasteiger partial charge on any atom is 0.392 e. The summed E-state index contributed by atoms with van der Waals surface area (Å²) in [6.45, 7) is 1.75. The lowest BCUT2D eigenvalue weighted by Gasteiger charge is -2.37. The Morgan fingerprint density at radius 1 is 1.25 bits per heavy atom. The minimum absolute atomic E-state index is 0.125. The average molecular weight is 287 g/mol. The van der Waals surface area contributed by atoms with Crippen LogP contribution >= 0.6 is 0 Å². The Hall–Kier alpha value is -1.10. The molecular weight excluding hydrogens is 267 g/mol. The molecule has 0 aliphatic heterocycles. The van der Waals surface area contributed by atoms with Gasteiger partial charge in [-0.1, -0.05) is 25.8 Å². The van der Waals surface area contributed by atoms with Crippen molar-refractivity contribution in [3.8, 4) is 0 Å². The number of hydrogen-bond acceptors (Lipinski definition) is 2. The molecular formula is C15H20F3NO. The molecule has 0 bridgehead atoms. The van der Waals surface area contributed by atoms with Crippen LogP contribution in [0.4, 0.5) is 13.2 Å². The Morgan fingerprint density at radius 2 is 1.95 bits per heavy atom. The standard InChI is InChI=1S/C15H20F3NO/c1-10(13-8-4-5-9-19-13)14(20)11-6-2-3-7-12(11)15(16,17)18/h4-5,8-12,14,20H,2-3,6-7H2,1H3. The Kier molecular flexibility index (Phi) is 4.68. The predicted octanol–water partition coefficient (Wildman–Crippen LogP) is 3.91. The highest BCUT2D eigenvalue weighted by Crippen LogP contribution is 2.45. The Labute approximate surface area is 117 Å². The van der Waals surface area contributed by atoms with E-state index in [4.69, 9.17) is 0 Å². The summed E-state index contributed by atoms with van der Waals surface area (Å²) >= 11 is 0. The first-order valence-corrected chi connectivity index (χ1v) is 7.07. The number of nitrogens with zero attached hydrogens (tertiary/aromatic N) is 1. The molecule has 112 valence electrons. The highest BCUT2D eigenvalue weighted by atomic mass is 19.4. The SMILES string of the molecule is CC(c1ccccn1)C(O)C1CCCCC1C(F)(F)F. The lowest BCUT2D eigenvalue weighted by molar-refractivity contribution is -0.207. The van der Waals surface area contributed by atoms with E-state index in [0.29, 0.717) is 18.5 Å². The van der Waals surface area contributed by atoms with Crippen molar-refractivity contribution in [2.45, 2.75) is 50.8 Å². The molecule has 0 saturated heterocycles. The zero-order valence-electron chi connectivity index (χ0n) is 11.5. The second-order valence-corrected chi connectivity index (χ2v) is 5.63. The Morgan fingerprint density at radius 3 is 2.55 bits per heavy atom. The minimum Gasteiger partial charge on any atom is -0.392 e. The molecule has 0 aromatic carbocycles. The molecule has 1 saturated carbocycles. The quantitative estimate of drug-likeness (QED) is 0.914. The second-order valence-electron chi connectivity index (χ2n) is 5.63. The van der Waals surface area contributed by atoms with Gasteiger partial charge in [0.15, 0.2) is 0 Å². The molecule has 1 aromatic rings. The molecule has 1 aliphatic carbocycles. The van der Waals surface area contributed by atoms with Gasteiger partial charge in [-0.2, -0.15) is 13.2 Å². The van der Waals surface area contributed by atoms with Crippen LogP contribution in [0.3, 0.4) is 0 Å². The van der Waals surface area contributed by atoms with Gasteiger partial charge < -0.3 is 5.11 Å². The largest absolute Gasteiger partial charge is 0.392 e. The van der Waals surface area contributed by atoms with Gasteiger partial charge in [-0.25, -0.2) is 0 Å². The number of halogens is 3. The molecule has 0 radical (unpaired) electrons. The number of aliphatic hydroxyl groups is 1. The lowest BCUT2D eigenvalue weighted by Crippen LogP contribution is -2.41. The summed E-state index contributed by atoms with van der Waals surface area (Å²) < 4.78 is 39.3. The topological polar surface area (TPSA) is 33.1 Å². The first-order valence-electron chi connectivity index (χ1n) is 7.07. The van der Waals surface area contributed by atoms with Gasteiger partial charge in [0.1, 0.15) is 0 Å². The Bertz CT molecular complexity index is 421. The highest BCUT2D eigenvalue weighted by Gasteiger charge is 2.48. The maximum absolute atomic E-state index is 13.1. The van der Waals surface area contributed by atoms with Crippen LogP contribution in [0.25, 0.3) is 0 Å². The molecule has 0 spiro atoms. The van der Waals surface area contributed by atoms with Crippen LogP contribution in [0.5, 0.6) is 0 Å². The Balaban J connectivity index is 2.15. The van der Waals surface area contributed by atoms with Gasteiger partial charge in [-0.05, 0) is 30.9 Å². The van der Waals surface area contributed by atoms with Crippen LogP contribution in [0.15, 0.2) is 24.4 Å². The maximum atomic E-state index is 13.1. The number of aliphatic hydroxyl groups excluding tert-OH is 1. The molecule has 4 unspecified atom stereocenters. The summed E-state index contributed by atoms with van der Waals surface area (Å²) in [4.78, 5) is 4.14. The fourth-order valence-corrected chi connectivity index (χ4v) is 3.17. The number of pyridine rings is 1. The molecule has 0 amide bonds. The van der Waals surface area contributed by atoms with Crippen LogP contribution in [-0.4, -0.2) is 22.4 Å². The van der Waals surface area contributed by atoms with Crippen molar-refractivity contribution in [1.82, 2.24) is 4.98 Å². The molecule has 1 aromatic heterocycles. The molecule has 4 atom stereocenters. The predicted molar refractivity (Wildman–Crippen MR) is 70.2 cm³/mol. The van der Waals surface area contributed by atoms with E-state index in [2.05, 4.69) is 4.98 Å². The van der Waals surface area contributed by atoms with Crippen molar-refractivity contribution in [2.24, 2.45) is 11.8 Å². The van der Waals surface area contributed by atoms with Gasteiger partial charge in [-0.15, -0.1) is 0 Å². The summed E-state index contributed by atoms with van der Waals surface area (Å²) in [5, 5.41) is 10.4. The van der Waals surface area contributed by atoms with E-state index in [0.717, 1.165) is 6.42 Å². The first-order chi connectivity index (χ1) is 9.41. The fraction of sp³-hybridized carbons (Fsp3) is 0.667. The van der Waals surface area contributed by atoms with E-state index < -0.39 is 24.1 Å². The summed E-state index contributed by atoms with van der Waals surface area (Å²) in [6, 6.07) is 5.29. The molecule has 1 aliphatic rings. The van der Waals surface area contributed by atoms with Crippen molar-refractivity contribution in [3.05, 3.63) is 30.1 Å². The number of hydrogen-bond donors (Lipinski definition) is 1. The van der Waals surface area contributed by atoms with Crippen molar-refractivity contribution in [2.75, 3.05) is 0 Å². The number of alkyl halides is 3. The van der Waals surface area contributed by atoms with Crippen molar-refractivity contribution >= 4 is 0 Å². The van der Waals surface area contributed by atoms with Gasteiger partial charge in [0.25, 0.3) is 0 Å². The van der Waals surface area contributed by atoms with E-state index in [1.54, 1.807) is 31.3 Å². The van der Waals surface area contributed by atoms with Crippen LogP contribution in [0, 0.1) is 11.8 Å². The number of aromatic nitrogens is 1. The summed E-state index contributed by atoms with van der Waals surface area (Å²) in [5.74, 6) is -2.50. The first kappa shape index (κ1) is 15.3. The lowest BCUT2D eigenvalue weighted by atomic mass is 9.72. The third-order valence-electron chi connectivity index (χ3n) is 4.35. The van der Waals surface area contributed by atoms with Gasteiger partial charge >= 0.3 is 6.18 Å². The minimum atomic E-state index is -4.23. The summed E-state index contributed by atoms with van der Waals surface area (Å²) in [5.41, 5.74) is 0.645. The van der Waals surface area contributed by atoms with E-state index >= 15 is 0 Å². The van der Waals surface area contributed by atoms with Crippen LogP contribution < -0.4 is 0 Å². The molecule has 1 heterocycles. The second kappa shape index (κ2) is 6.12. The van der Waals surface area contributed by atoms with Gasteiger partial charge in [0.2, 0.25) is 0 Å². The van der Waals surface area contributed by atoms with Gasteiger partial charge in [0, 0.05) is 17.8 Å². The molecule has 5 heteroatoms. The van der Waals surface area contributed by atoms with Crippen LogP contribution in [-0.2, 0) is 0 Å². The van der Waals surface area contributed by atoms with Crippen molar-refractivity contribution in [3.63, 3.8) is 0 Å². The van der Waals surface area contributed by atoms with E-state index in [1.165, 1.54) is 0 Å². The van der Waals surface area contributed by atoms with Gasteiger partial charge in [-0.3, -0.25) is 4.98 Å². The zero-order valence-corrected chi connectivity index (χ0v) is 11.5. The molecule has 2 rings (SSSR count). The number of rotatable bonds is 3. The third kappa shape index (κ3) is 3.32. The van der Waals surface area contributed by atoms with Crippen molar-refractivity contribution in [1.29, 1.82) is 0 Å². The fourth-order valence-electron chi connectivity index (χ4n) is 3.17. The molecule has 20 heavy (non-hydrogen) atoms. The zero-order chi connectivity index (χ0) is 14.8. The monoisotopic (exact) mass is 287 g/mol. The normalized spacial score (nSPS) is 27.1. The molecule has 2 nitrogen and oxygen atoms in total. The van der Waals surface area contributed by atoms with E-state index in [9.17, 15) is 18.3 Å².